The molecule has 3 heteroatoms. The fourth-order valence-electron chi connectivity index (χ4n) is 3.19. The molecule has 0 saturated heterocycles. The third-order valence-electron chi connectivity index (χ3n) is 4.12. The van der Waals surface area contributed by atoms with Crippen molar-refractivity contribution in [2.24, 2.45) is 0 Å². The quantitative estimate of drug-likeness (QED) is 0.347. The predicted molar refractivity (Wildman–Crippen MR) is 91.0 cm³/mol. The molecule has 2 heterocycles. The van der Waals surface area contributed by atoms with Crippen LogP contribution in [0.3, 0.4) is 0 Å². The van der Waals surface area contributed by atoms with Crippen molar-refractivity contribution in [2.45, 2.75) is 0 Å². The lowest BCUT2D eigenvalue weighted by atomic mass is 10.1. The Labute approximate surface area is 128 Å². The van der Waals surface area contributed by atoms with Crippen molar-refractivity contribution >= 4 is 59.9 Å². The Morgan fingerprint density at radius 2 is 1.48 bits per heavy atom. The molecular weight excluding hydrogens is 326 g/mol. The molecule has 2 aromatic heterocycles. The maximum atomic E-state index is 6.15. The van der Waals surface area contributed by atoms with E-state index in [4.69, 9.17) is 4.42 Å². The molecule has 5 aromatic rings. The SMILES string of the molecule is Brn1c2ccccc2c2c3oc4ccccc4c3ccc21. The van der Waals surface area contributed by atoms with E-state index in [1.807, 2.05) is 15.7 Å². The molecule has 0 N–H and O–H groups in total. The van der Waals surface area contributed by atoms with Crippen LogP contribution in [0.25, 0.3) is 43.7 Å². The lowest BCUT2D eigenvalue weighted by molar-refractivity contribution is 0.673. The van der Waals surface area contributed by atoms with Gasteiger partial charge in [-0.1, -0.05) is 36.4 Å². The number of para-hydroxylation sites is 2. The molecule has 3 aromatic carbocycles. The largest absolute Gasteiger partial charge is 0.455 e. The summed E-state index contributed by atoms with van der Waals surface area (Å²) in [5.74, 6) is 0. The number of halogens is 1. The highest BCUT2D eigenvalue weighted by Gasteiger charge is 2.16. The van der Waals surface area contributed by atoms with Crippen molar-refractivity contribution in [3.63, 3.8) is 0 Å². The number of hydrogen-bond acceptors (Lipinski definition) is 1. The van der Waals surface area contributed by atoms with Gasteiger partial charge in [0.15, 0.2) is 0 Å². The second kappa shape index (κ2) is 3.89. The summed E-state index contributed by atoms with van der Waals surface area (Å²) in [6, 6.07) is 20.8. The summed E-state index contributed by atoms with van der Waals surface area (Å²) < 4.78 is 8.20. The van der Waals surface area contributed by atoms with Gasteiger partial charge in [0.1, 0.15) is 11.2 Å². The standard InChI is InChI=1S/C18H10BrNO/c19-20-14-7-3-1-6-13(14)17-15(20)10-9-12-11-5-2-4-8-16(11)21-18(12)17/h1-10H. The second-order valence-corrected chi connectivity index (χ2v) is 5.94. The minimum Gasteiger partial charge on any atom is -0.455 e. The molecule has 100 valence electrons. The van der Waals surface area contributed by atoms with Crippen LogP contribution in [-0.4, -0.2) is 3.59 Å². The van der Waals surface area contributed by atoms with Gasteiger partial charge in [-0.15, -0.1) is 0 Å². The molecule has 0 saturated carbocycles. The Morgan fingerprint density at radius 1 is 0.714 bits per heavy atom. The van der Waals surface area contributed by atoms with E-state index in [2.05, 4.69) is 64.7 Å². The molecule has 0 spiro atoms. The zero-order chi connectivity index (χ0) is 14.0. The summed E-state index contributed by atoms with van der Waals surface area (Å²) in [6.45, 7) is 0. The maximum Gasteiger partial charge on any atom is 0.145 e. The molecule has 0 aliphatic carbocycles. The molecule has 0 aliphatic heterocycles. The first-order valence-corrected chi connectivity index (χ1v) is 7.55. The minimum atomic E-state index is 0.936. The highest BCUT2D eigenvalue weighted by molar-refractivity contribution is 9.08. The smallest absolute Gasteiger partial charge is 0.145 e. The monoisotopic (exact) mass is 335 g/mol. The minimum absolute atomic E-state index is 0.936. The Kier molecular flexibility index (Phi) is 2.11. The van der Waals surface area contributed by atoms with E-state index in [0.717, 1.165) is 27.6 Å². The summed E-state index contributed by atoms with van der Waals surface area (Å²) in [4.78, 5) is 0. The van der Waals surface area contributed by atoms with Gasteiger partial charge in [0.05, 0.1) is 32.6 Å². The zero-order valence-corrected chi connectivity index (χ0v) is 12.6. The van der Waals surface area contributed by atoms with E-state index >= 15 is 0 Å². The van der Waals surface area contributed by atoms with Crippen LogP contribution >= 0.6 is 16.1 Å². The third-order valence-corrected chi connectivity index (χ3v) is 4.89. The second-order valence-electron chi connectivity index (χ2n) is 5.23. The Hall–Kier alpha value is -2.26. The summed E-state index contributed by atoms with van der Waals surface area (Å²) in [5.41, 5.74) is 4.18. The van der Waals surface area contributed by atoms with Gasteiger partial charge in [0, 0.05) is 16.2 Å². The molecule has 5 rings (SSSR count). The first-order chi connectivity index (χ1) is 10.3. The molecular formula is C18H10BrNO. The number of benzene rings is 3. The topological polar surface area (TPSA) is 18.1 Å². The normalized spacial score (nSPS) is 12.0. The van der Waals surface area contributed by atoms with Gasteiger partial charge in [0.2, 0.25) is 0 Å². The van der Waals surface area contributed by atoms with Crippen LogP contribution < -0.4 is 0 Å². The van der Waals surface area contributed by atoms with Crippen molar-refractivity contribution in [1.82, 2.24) is 3.59 Å². The summed E-state index contributed by atoms with van der Waals surface area (Å²) in [7, 11) is 0. The summed E-state index contributed by atoms with van der Waals surface area (Å²) in [5, 5.41) is 4.70. The third kappa shape index (κ3) is 1.37. The van der Waals surface area contributed by atoms with Crippen molar-refractivity contribution in [3.8, 4) is 0 Å². The first-order valence-electron chi connectivity index (χ1n) is 6.84. The van der Waals surface area contributed by atoms with Crippen LogP contribution in [0.15, 0.2) is 65.1 Å². The van der Waals surface area contributed by atoms with Gasteiger partial charge in [-0.05, 0) is 24.3 Å². The van der Waals surface area contributed by atoms with Crippen molar-refractivity contribution in [1.29, 1.82) is 0 Å². The zero-order valence-electron chi connectivity index (χ0n) is 11.0. The lowest BCUT2D eigenvalue weighted by Crippen LogP contribution is -1.76. The van der Waals surface area contributed by atoms with Crippen molar-refractivity contribution < 1.29 is 4.42 Å². The van der Waals surface area contributed by atoms with E-state index in [0.29, 0.717) is 0 Å². The van der Waals surface area contributed by atoms with Gasteiger partial charge in [-0.2, -0.15) is 0 Å². The average Bonchev–Trinajstić information content (AvgIpc) is 3.04. The lowest BCUT2D eigenvalue weighted by Gasteiger charge is -1.95. The molecule has 0 fully saturated rings. The van der Waals surface area contributed by atoms with Gasteiger partial charge in [-0.3, -0.25) is 3.59 Å². The van der Waals surface area contributed by atoms with Gasteiger partial charge in [-0.25, -0.2) is 0 Å². The van der Waals surface area contributed by atoms with Crippen LogP contribution in [0.2, 0.25) is 0 Å². The highest BCUT2D eigenvalue weighted by Crippen LogP contribution is 2.39. The van der Waals surface area contributed by atoms with E-state index in [1.165, 1.54) is 16.2 Å². The van der Waals surface area contributed by atoms with Crippen molar-refractivity contribution in [3.05, 3.63) is 60.7 Å². The Bertz CT molecular complexity index is 1150. The number of furan rings is 1. The molecule has 0 aliphatic rings. The van der Waals surface area contributed by atoms with Gasteiger partial charge < -0.3 is 4.42 Å². The van der Waals surface area contributed by atoms with E-state index in [-0.39, 0.29) is 0 Å². The summed E-state index contributed by atoms with van der Waals surface area (Å²) >= 11 is 3.66. The number of fused-ring (bicyclic) bond motifs is 7. The molecule has 0 radical (unpaired) electrons. The predicted octanol–water partition coefficient (Wildman–Crippen LogP) is 5.85. The van der Waals surface area contributed by atoms with Crippen LogP contribution in [-0.2, 0) is 0 Å². The number of hydrogen-bond donors (Lipinski definition) is 0. The van der Waals surface area contributed by atoms with Gasteiger partial charge in [0.25, 0.3) is 0 Å². The van der Waals surface area contributed by atoms with Gasteiger partial charge >= 0.3 is 0 Å². The van der Waals surface area contributed by atoms with Crippen LogP contribution in [0.5, 0.6) is 0 Å². The maximum absolute atomic E-state index is 6.15. The molecule has 2 nitrogen and oxygen atoms in total. The Morgan fingerprint density at radius 3 is 2.38 bits per heavy atom. The van der Waals surface area contributed by atoms with Crippen LogP contribution in [0.4, 0.5) is 0 Å². The number of nitrogens with zero attached hydrogens (tertiary/aromatic N) is 1. The molecule has 0 atom stereocenters. The van der Waals surface area contributed by atoms with Crippen molar-refractivity contribution in [2.75, 3.05) is 0 Å². The van der Waals surface area contributed by atoms with Crippen LogP contribution in [0, 0.1) is 0 Å². The molecule has 0 unspecified atom stereocenters. The number of rotatable bonds is 0. The average molecular weight is 336 g/mol. The number of aromatic nitrogens is 1. The Balaban J connectivity index is 2.16. The first kappa shape index (κ1) is 11.4. The summed E-state index contributed by atoms with van der Waals surface area (Å²) in [6.07, 6.45) is 0. The molecule has 0 bridgehead atoms. The van der Waals surface area contributed by atoms with E-state index < -0.39 is 0 Å². The van der Waals surface area contributed by atoms with Crippen LogP contribution in [0.1, 0.15) is 0 Å². The molecule has 21 heavy (non-hydrogen) atoms. The molecule has 0 amide bonds. The fourth-order valence-corrected chi connectivity index (χ4v) is 3.79. The fraction of sp³-hybridized carbons (Fsp3) is 0. The van der Waals surface area contributed by atoms with E-state index in [1.54, 1.807) is 0 Å². The van der Waals surface area contributed by atoms with E-state index in [9.17, 15) is 0 Å². The highest BCUT2D eigenvalue weighted by atomic mass is 79.9.